The maximum atomic E-state index is 10.8. The van der Waals surface area contributed by atoms with Gasteiger partial charge in [-0.15, -0.1) is 0 Å². The first-order valence-electron chi connectivity index (χ1n) is 6.42. The number of nitro groups is 1. The van der Waals surface area contributed by atoms with E-state index in [4.69, 9.17) is 4.74 Å². The molecule has 0 amide bonds. The number of non-ortho nitro benzene ring substituents is 1. The lowest BCUT2D eigenvalue weighted by molar-refractivity contribution is -0.384. The highest BCUT2D eigenvalue weighted by atomic mass is 16.6. The van der Waals surface area contributed by atoms with E-state index in [-0.39, 0.29) is 11.8 Å². The third-order valence-corrected chi connectivity index (χ3v) is 3.22. The normalized spacial score (nSPS) is 21.6. The monoisotopic (exact) mass is 266 g/mol. The fraction of sp³-hybridized carbons (Fsp3) is 0.538. The van der Waals surface area contributed by atoms with Crippen molar-refractivity contribution < 1.29 is 14.8 Å². The summed E-state index contributed by atoms with van der Waals surface area (Å²) in [4.78, 5) is 10.4. The number of nitrogens with one attached hydrogen (secondary N) is 1. The molecule has 1 aliphatic rings. The van der Waals surface area contributed by atoms with Crippen molar-refractivity contribution in [3.8, 4) is 5.75 Å². The number of nitro benzene ring substituents is 1. The van der Waals surface area contributed by atoms with E-state index in [9.17, 15) is 15.2 Å². The molecule has 0 saturated heterocycles. The van der Waals surface area contributed by atoms with Crippen LogP contribution in [0, 0.1) is 16.0 Å². The molecule has 0 unspecified atom stereocenters. The molecular weight excluding hydrogens is 248 g/mol. The molecule has 1 aromatic carbocycles. The molecule has 0 spiro atoms. The molecule has 1 saturated carbocycles. The summed E-state index contributed by atoms with van der Waals surface area (Å²) in [7, 11) is 0. The Kier molecular flexibility index (Phi) is 4.21. The molecule has 0 aromatic heterocycles. The molecule has 0 aliphatic heterocycles. The van der Waals surface area contributed by atoms with E-state index in [0.717, 1.165) is 12.8 Å². The summed E-state index contributed by atoms with van der Waals surface area (Å²) in [6.45, 7) is 3.01. The van der Waals surface area contributed by atoms with Gasteiger partial charge in [0.15, 0.2) is 0 Å². The summed E-state index contributed by atoms with van der Waals surface area (Å²) >= 11 is 0. The maximum absolute atomic E-state index is 10.8. The predicted molar refractivity (Wildman–Crippen MR) is 71.5 cm³/mol. The lowest BCUT2D eigenvalue weighted by Crippen LogP contribution is -2.33. The van der Waals surface area contributed by atoms with E-state index >= 15 is 0 Å². The standard InChI is InChI=1S/C13H18N2O4/c1-2-19-13-6-10(5-11(7-13)15(17)18)14-8-9-3-12(16)4-9/h5-7,9,12,14,16H,2-4,8H2,1H3. The van der Waals surface area contributed by atoms with E-state index in [1.54, 1.807) is 6.07 Å². The number of ether oxygens (including phenoxy) is 1. The first-order chi connectivity index (χ1) is 9.08. The lowest BCUT2D eigenvalue weighted by atomic mass is 9.82. The minimum Gasteiger partial charge on any atom is -0.494 e. The van der Waals surface area contributed by atoms with E-state index < -0.39 is 4.92 Å². The number of benzene rings is 1. The van der Waals surface area contributed by atoms with E-state index in [2.05, 4.69) is 5.32 Å². The van der Waals surface area contributed by atoms with Gasteiger partial charge in [-0.25, -0.2) is 0 Å². The van der Waals surface area contributed by atoms with Crippen molar-refractivity contribution in [1.29, 1.82) is 0 Å². The summed E-state index contributed by atoms with van der Waals surface area (Å²) in [6, 6.07) is 4.67. The van der Waals surface area contributed by atoms with Gasteiger partial charge in [0, 0.05) is 24.4 Å². The molecule has 2 rings (SSSR count). The largest absolute Gasteiger partial charge is 0.494 e. The first kappa shape index (κ1) is 13.6. The molecule has 0 bridgehead atoms. The quantitative estimate of drug-likeness (QED) is 0.609. The molecule has 19 heavy (non-hydrogen) atoms. The summed E-state index contributed by atoms with van der Waals surface area (Å²) < 4.78 is 5.32. The molecule has 0 atom stereocenters. The van der Waals surface area contributed by atoms with Crippen molar-refractivity contribution >= 4 is 11.4 Å². The van der Waals surface area contributed by atoms with Crippen molar-refractivity contribution in [2.75, 3.05) is 18.5 Å². The average Bonchev–Trinajstić information content (AvgIpc) is 2.33. The topological polar surface area (TPSA) is 84.6 Å². The Balaban J connectivity index is 2.03. The molecule has 2 N–H and O–H groups in total. The van der Waals surface area contributed by atoms with Gasteiger partial charge >= 0.3 is 0 Å². The van der Waals surface area contributed by atoms with Gasteiger partial charge in [0.05, 0.1) is 23.7 Å². The smallest absolute Gasteiger partial charge is 0.275 e. The number of anilines is 1. The minimum absolute atomic E-state index is 0.0158. The Bertz CT molecular complexity index is 458. The van der Waals surface area contributed by atoms with Gasteiger partial charge in [-0.2, -0.15) is 0 Å². The van der Waals surface area contributed by atoms with E-state index in [1.807, 2.05) is 6.92 Å². The Labute approximate surface area is 111 Å². The van der Waals surface area contributed by atoms with Crippen molar-refractivity contribution in [2.45, 2.75) is 25.9 Å². The summed E-state index contributed by atoms with van der Waals surface area (Å²) in [5.74, 6) is 0.928. The molecule has 6 nitrogen and oxygen atoms in total. The van der Waals surface area contributed by atoms with Crippen LogP contribution in [0.1, 0.15) is 19.8 Å². The second kappa shape index (κ2) is 5.88. The van der Waals surface area contributed by atoms with Crippen LogP contribution in [-0.2, 0) is 0 Å². The van der Waals surface area contributed by atoms with Gasteiger partial charge in [0.1, 0.15) is 5.75 Å². The van der Waals surface area contributed by atoms with E-state index in [1.165, 1.54) is 12.1 Å². The third kappa shape index (κ3) is 3.57. The van der Waals surface area contributed by atoms with Crippen LogP contribution in [0.2, 0.25) is 0 Å². The van der Waals surface area contributed by atoms with Crippen molar-refractivity contribution in [3.05, 3.63) is 28.3 Å². The van der Waals surface area contributed by atoms with Crippen molar-refractivity contribution in [2.24, 2.45) is 5.92 Å². The van der Waals surface area contributed by atoms with Crippen LogP contribution in [0.4, 0.5) is 11.4 Å². The zero-order valence-corrected chi connectivity index (χ0v) is 10.8. The molecule has 0 radical (unpaired) electrons. The number of aliphatic hydroxyl groups is 1. The number of hydrogen-bond acceptors (Lipinski definition) is 5. The molecule has 0 heterocycles. The van der Waals surface area contributed by atoms with Gasteiger partial charge in [-0.1, -0.05) is 0 Å². The number of hydrogen-bond donors (Lipinski definition) is 2. The number of aliphatic hydroxyl groups excluding tert-OH is 1. The highest BCUT2D eigenvalue weighted by molar-refractivity contribution is 5.56. The highest BCUT2D eigenvalue weighted by Gasteiger charge is 2.26. The Morgan fingerprint density at radius 1 is 1.47 bits per heavy atom. The third-order valence-electron chi connectivity index (χ3n) is 3.22. The van der Waals surface area contributed by atoms with Crippen LogP contribution in [0.5, 0.6) is 5.75 Å². The van der Waals surface area contributed by atoms with Gasteiger partial charge in [-0.3, -0.25) is 10.1 Å². The van der Waals surface area contributed by atoms with Gasteiger partial charge in [0.2, 0.25) is 0 Å². The fourth-order valence-corrected chi connectivity index (χ4v) is 2.17. The minimum atomic E-state index is -0.430. The zero-order valence-electron chi connectivity index (χ0n) is 10.8. The summed E-state index contributed by atoms with van der Waals surface area (Å²) in [5, 5.41) is 23.2. The average molecular weight is 266 g/mol. The zero-order chi connectivity index (χ0) is 13.8. The van der Waals surface area contributed by atoms with Gasteiger partial charge in [-0.05, 0) is 25.7 Å². The van der Waals surface area contributed by atoms with Gasteiger partial charge < -0.3 is 15.2 Å². The maximum Gasteiger partial charge on any atom is 0.275 e. The van der Waals surface area contributed by atoms with Crippen LogP contribution >= 0.6 is 0 Å². The van der Waals surface area contributed by atoms with Crippen molar-refractivity contribution in [3.63, 3.8) is 0 Å². The van der Waals surface area contributed by atoms with Crippen LogP contribution in [0.25, 0.3) is 0 Å². The van der Waals surface area contributed by atoms with Crippen LogP contribution in [-0.4, -0.2) is 29.3 Å². The Hall–Kier alpha value is -1.82. The molecular formula is C13H18N2O4. The Morgan fingerprint density at radius 3 is 2.79 bits per heavy atom. The summed E-state index contributed by atoms with van der Waals surface area (Å²) in [5.41, 5.74) is 0.695. The van der Waals surface area contributed by atoms with Crippen LogP contribution in [0.3, 0.4) is 0 Å². The predicted octanol–water partition coefficient (Wildman–Crippen LogP) is 2.18. The lowest BCUT2D eigenvalue weighted by Gasteiger charge is -2.31. The van der Waals surface area contributed by atoms with Crippen molar-refractivity contribution in [1.82, 2.24) is 0 Å². The van der Waals surface area contributed by atoms with Gasteiger partial charge in [0.25, 0.3) is 5.69 Å². The van der Waals surface area contributed by atoms with Crippen LogP contribution < -0.4 is 10.1 Å². The number of rotatable bonds is 6. The van der Waals surface area contributed by atoms with E-state index in [0.29, 0.717) is 30.5 Å². The second-order valence-corrected chi connectivity index (χ2v) is 4.78. The highest BCUT2D eigenvalue weighted by Crippen LogP contribution is 2.29. The Morgan fingerprint density at radius 2 is 2.21 bits per heavy atom. The second-order valence-electron chi connectivity index (χ2n) is 4.78. The molecule has 104 valence electrons. The molecule has 1 aromatic rings. The van der Waals surface area contributed by atoms with Crippen LogP contribution in [0.15, 0.2) is 18.2 Å². The summed E-state index contributed by atoms with van der Waals surface area (Å²) in [6.07, 6.45) is 1.40. The first-order valence-corrected chi connectivity index (χ1v) is 6.42. The SMILES string of the molecule is CCOc1cc(NCC2CC(O)C2)cc([N+](=O)[O-])c1. The molecule has 6 heteroatoms. The molecule has 1 aliphatic carbocycles. The fourth-order valence-electron chi connectivity index (χ4n) is 2.17. The number of nitrogens with zero attached hydrogens (tertiary/aromatic N) is 1. The molecule has 1 fully saturated rings.